The van der Waals surface area contributed by atoms with Crippen molar-refractivity contribution in [3.63, 3.8) is 0 Å². The molecule has 2 aromatic carbocycles. The minimum atomic E-state index is 0.447. The van der Waals surface area contributed by atoms with E-state index in [1.54, 1.807) is 0 Å². The molecular weight excluding hydrogens is 248 g/mol. The Bertz CT molecular complexity index is 753. The average Bonchev–Trinajstić information content (AvgIpc) is 2.48. The van der Waals surface area contributed by atoms with Crippen molar-refractivity contribution >= 4 is 10.9 Å². The summed E-state index contributed by atoms with van der Waals surface area (Å²) in [6.45, 7) is 2.45. The third-order valence-corrected chi connectivity index (χ3v) is 3.27. The summed E-state index contributed by atoms with van der Waals surface area (Å²) in [5, 5.41) is 1.12. The van der Waals surface area contributed by atoms with Gasteiger partial charge >= 0.3 is 0 Å². The Hall–Kier alpha value is -2.39. The molecule has 1 heterocycles. The Morgan fingerprint density at radius 2 is 1.80 bits per heavy atom. The number of hydrogen-bond donors (Lipinski definition) is 1. The lowest BCUT2D eigenvalue weighted by Gasteiger charge is -2.11. The van der Waals surface area contributed by atoms with E-state index in [4.69, 9.17) is 10.5 Å². The van der Waals surface area contributed by atoms with Crippen LogP contribution in [0.5, 0.6) is 11.6 Å². The normalized spacial score (nSPS) is 10.7. The summed E-state index contributed by atoms with van der Waals surface area (Å²) in [5.41, 5.74) is 8.65. The molecule has 0 aliphatic rings. The fourth-order valence-corrected chi connectivity index (χ4v) is 2.18. The molecule has 3 rings (SSSR count). The molecule has 0 radical (unpaired) electrons. The van der Waals surface area contributed by atoms with Gasteiger partial charge in [0.05, 0.1) is 5.52 Å². The van der Waals surface area contributed by atoms with Crippen LogP contribution in [0.3, 0.4) is 0 Å². The zero-order chi connectivity index (χ0) is 13.9. The van der Waals surface area contributed by atoms with Crippen LogP contribution in [0, 0.1) is 6.92 Å². The Balaban J connectivity index is 2.04. The minimum absolute atomic E-state index is 0.447. The van der Waals surface area contributed by atoms with Crippen molar-refractivity contribution in [3.05, 3.63) is 65.7 Å². The Morgan fingerprint density at radius 1 is 1.05 bits per heavy atom. The van der Waals surface area contributed by atoms with Gasteiger partial charge in [-0.15, -0.1) is 0 Å². The van der Waals surface area contributed by atoms with Gasteiger partial charge in [-0.05, 0) is 25.1 Å². The van der Waals surface area contributed by atoms with Crippen molar-refractivity contribution in [2.45, 2.75) is 13.5 Å². The molecule has 0 aliphatic heterocycles. The Labute approximate surface area is 118 Å². The van der Waals surface area contributed by atoms with E-state index in [2.05, 4.69) is 11.1 Å². The van der Waals surface area contributed by atoms with Crippen LogP contribution in [0.4, 0.5) is 0 Å². The van der Waals surface area contributed by atoms with Crippen molar-refractivity contribution in [1.82, 2.24) is 4.98 Å². The lowest BCUT2D eigenvalue weighted by Crippen LogP contribution is -2.00. The maximum Gasteiger partial charge on any atom is 0.222 e. The highest BCUT2D eigenvalue weighted by atomic mass is 16.5. The number of rotatable bonds is 3. The molecule has 0 saturated carbocycles. The zero-order valence-electron chi connectivity index (χ0n) is 11.3. The molecule has 100 valence electrons. The summed E-state index contributed by atoms with van der Waals surface area (Å²) >= 11 is 0. The Kier molecular flexibility index (Phi) is 3.35. The topological polar surface area (TPSA) is 48.1 Å². The fourth-order valence-electron chi connectivity index (χ4n) is 2.18. The summed E-state index contributed by atoms with van der Waals surface area (Å²) < 4.78 is 5.95. The van der Waals surface area contributed by atoms with Crippen molar-refractivity contribution in [2.24, 2.45) is 5.73 Å². The number of pyridine rings is 1. The number of para-hydroxylation sites is 2. The highest BCUT2D eigenvalue weighted by Crippen LogP contribution is 2.28. The van der Waals surface area contributed by atoms with E-state index in [1.807, 2.05) is 55.5 Å². The Morgan fingerprint density at radius 3 is 2.65 bits per heavy atom. The number of benzene rings is 2. The van der Waals surface area contributed by atoms with Crippen LogP contribution in [-0.4, -0.2) is 4.98 Å². The number of ether oxygens (including phenoxy) is 1. The van der Waals surface area contributed by atoms with E-state index in [0.29, 0.717) is 12.4 Å². The third-order valence-electron chi connectivity index (χ3n) is 3.27. The molecule has 2 N–H and O–H groups in total. The summed E-state index contributed by atoms with van der Waals surface area (Å²) in [5.74, 6) is 1.39. The van der Waals surface area contributed by atoms with Crippen LogP contribution in [-0.2, 0) is 6.54 Å². The quantitative estimate of drug-likeness (QED) is 0.782. The highest BCUT2D eigenvalue weighted by molar-refractivity contribution is 5.80. The first-order valence-electron chi connectivity index (χ1n) is 6.60. The minimum Gasteiger partial charge on any atom is -0.438 e. The predicted molar refractivity (Wildman–Crippen MR) is 80.9 cm³/mol. The molecule has 0 saturated heterocycles. The van der Waals surface area contributed by atoms with Gasteiger partial charge in [0.2, 0.25) is 5.88 Å². The molecule has 0 bridgehead atoms. The van der Waals surface area contributed by atoms with E-state index in [0.717, 1.165) is 27.8 Å². The van der Waals surface area contributed by atoms with Crippen LogP contribution in [0.15, 0.2) is 54.6 Å². The van der Waals surface area contributed by atoms with E-state index in [-0.39, 0.29) is 0 Å². The molecule has 20 heavy (non-hydrogen) atoms. The maximum absolute atomic E-state index is 5.95. The summed E-state index contributed by atoms with van der Waals surface area (Å²) in [4.78, 5) is 4.58. The molecule has 0 aliphatic carbocycles. The van der Waals surface area contributed by atoms with E-state index in [1.165, 1.54) is 0 Å². The van der Waals surface area contributed by atoms with E-state index < -0.39 is 0 Å². The predicted octanol–water partition coefficient (Wildman–Crippen LogP) is 3.79. The first kappa shape index (κ1) is 12.6. The van der Waals surface area contributed by atoms with Crippen molar-refractivity contribution in [1.29, 1.82) is 0 Å². The van der Waals surface area contributed by atoms with Gasteiger partial charge in [0.1, 0.15) is 5.75 Å². The standard InChI is InChI=1S/C17H16N2O/c1-12-10-13-6-2-4-8-15(13)19-17(12)20-16-9-5-3-7-14(16)11-18/h2-10H,11,18H2,1H3. The first-order chi connectivity index (χ1) is 9.78. The number of hydrogen-bond acceptors (Lipinski definition) is 3. The lowest BCUT2D eigenvalue weighted by molar-refractivity contribution is 0.455. The number of nitrogens with zero attached hydrogens (tertiary/aromatic N) is 1. The summed E-state index contributed by atoms with van der Waals surface area (Å²) in [6, 6.07) is 17.9. The molecule has 0 amide bonds. The van der Waals surface area contributed by atoms with Crippen molar-refractivity contribution < 1.29 is 4.74 Å². The smallest absolute Gasteiger partial charge is 0.222 e. The van der Waals surface area contributed by atoms with Gasteiger partial charge in [-0.25, -0.2) is 4.98 Å². The SMILES string of the molecule is Cc1cc2ccccc2nc1Oc1ccccc1CN. The van der Waals surface area contributed by atoms with Crippen LogP contribution in [0.2, 0.25) is 0 Å². The molecule has 1 aromatic heterocycles. The van der Waals surface area contributed by atoms with Gasteiger partial charge in [-0.2, -0.15) is 0 Å². The lowest BCUT2D eigenvalue weighted by atomic mass is 10.1. The van der Waals surface area contributed by atoms with Gasteiger partial charge in [0, 0.05) is 23.1 Å². The second-order valence-corrected chi connectivity index (χ2v) is 4.72. The molecule has 0 atom stereocenters. The van der Waals surface area contributed by atoms with Gasteiger partial charge in [0.15, 0.2) is 0 Å². The second-order valence-electron chi connectivity index (χ2n) is 4.72. The maximum atomic E-state index is 5.95. The number of fused-ring (bicyclic) bond motifs is 1. The van der Waals surface area contributed by atoms with Crippen molar-refractivity contribution in [2.75, 3.05) is 0 Å². The molecular formula is C17H16N2O. The van der Waals surface area contributed by atoms with Crippen molar-refractivity contribution in [3.8, 4) is 11.6 Å². The zero-order valence-corrected chi connectivity index (χ0v) is 11.3. The summed E-state index contributed by atoms with van der Waals surface area (Å²) in [6.07, 6.45) is 0. The van der Waals surface area contributed by atoms with Gasteiger partial charge in [0.25, 0.3) is 0 Å². The molecule has 3 nitrogen and oxygen atoms in total. The molecule has 0 fully saturated rings. The number of aryl methyl sites for hydroxylation is 1. The highest BCUT2D eigenvalue weighted by Gasteiger charge is 2.08. The fraction of sp³-hybridized carbons (Fsp3) is 0.118. The third kappa shape index (κ3) is 2.36. The van der Waals surface area contributed by atoms with Crippen LogP contribution >= 0.6 is 0 Å². The molecule has 3 heteroatoms. The monoisotopic (exact) mass is 264 g/mol. The number of aromatic nitrogens is 1. The largest absolute Gasteiger partial charge is 0.438 e. The van der Waals surface area contributed by atoms with E-state index in [9.17, 15) is 0 Å². The molecule has 0 unspecified atom stereocenters. The van der Waals surface area contributed by atoms with Gasteiger partial charge in [-0.1, -0.05) is 36.4 Å². The van der Waals surface area contributed by atoms with Crippen LogP contribution < -0.4 is 10.5 Å². The number of nitrogens with two attached hydrogens (primary N) is 1. The van der Waals surface area contributed by atoms with Crippen LogP contribution in [0.1, 0.15) is 11.1 Å². The average molecular weight is 264 g/mol. The molecule has 3 aromatic rings. The van der Waals surface area contributed by atoms with Gasteiger partial charge in [-0.3, -0.25) is 0 Å². The van der Waals surface area contributed by atoms with E-state index >= 15 is 0 Å². The van der Waals surface area contributed by atoms with Crippen LogP contribution in [0.25, 0.3) is 10.9 Å². The first-order valence-corrected chi connectivity index (χ1v) is 6.60. The summed E-state index contributed by atoms with van der Waals surface area (Å²) in [7, 11) is 0. The molecule has 0 spiro atoms. The second kappa shape index (κ2) is 5.31. The van der Waals surface area contributed by atoms with Gasteiger partial charge < -0.3 is 10.5 Å².